The van der Waals surface area contributed by atoms with E-state index in [0.29, 0.717) is 29.9 Å². The van der Waals surface area contributed by atoms with Crippen LogP contribution < -0.4 is 19.7 Å². The third-order valence-corrected chi connectivity index (χ3v) is 13.2. The molecule has 296 valence electrons. The molecule has 1 amide bonds. The van der Waals surface area contributed by atoms with E-state index in [1.807, 2.05) is 22.9 Å². The second kappa shape index (κ2) is 15.4. The number of nitro benzene ring substituents is 1. The first-order valence-electron chi connectivity index (χ1n) is 18.8. The number of sulfonamides is 1. The van der Waals surface area contributed by atoms with Crippen LogP contribution in [0.3, 0.4) is 0 Å². The number of amides is 1. The molecule has 1 aliphatic heterocycles. The van der Waals surface area contributed by atoms with Gasteiger partial charge in [-0.15, -0.1) is 0 Å². The van der Waals surface area contributed by atoms with Crippen LogP contribution in [0.15, 0.2) is 89.6 Å². The van der Waals surface area contributed by atoms with Crippen LogP contribution >= 0.6 is 11.6 Å². The number of aromatic amines is 1. The molecular weight excluding hydrogens is 773 g/mol. The number of nitrogens with zero attached hydrogens (tertiary/aromatic N) is 4. The van der Waals surface area contributed by atoms with E-state index in [-0.39, 0.29) is 17.0 Å². The Hall–Kier alpha value is -5.51. The fourth-order valence-corrected chi connectivity index (χ4v) is 9.44. The minimum Gasteiger partial charge on any atom is -0.455 e. The third kappa shape index (κ3) is 7.78. The predicted molar refractivity (Wildman–Crippen MR) is 217 cm³/mol. The number of hydrogen-bond acceptors (Lipinski definition) is 10. The zero-order valence-corrected chi connectivity index (χ0v) is 32.8. The summed E-state index contributed by atoms with van der Waals surface area (Å²) in [6, 6.07) is 18.5. The van der Waals surface area contributed by atoms with Crippen molar-refractivity contribution in [3.63, 3.8) is 0 Å². The minimum atomic E-state index is -4.91. The molecule has 57 heavy (non-hydrogen) atoms. The van der Waals surface area contributed by atoms with Gasteiger partial charge >= 0.3 is 5.69 Å². The number of anilines is 2. The van der Waals surface area contributed by atoms with Gasteiger partial charge in [0.15, 0.2) is 0 Å². The quantitative estimate of drug-likeness (QED) is 0.0877. The summed E-state index contributed by atoms with van der Waals surface area (Å²) in [4.78, 5) is 35.3. The molecular formula is C41H41ClFN7O6S. The van der Waals surface area contributed by atoms with Crippen LogP contribution in [0.2, 0.25) is 5.02 Å². The lowest BCUT2D eigenvalue weighted by molar-refractivity contribution is -0.386. The predicted octanol–water partition coefficient (Wildman–Crippen LogP) is 8.15. The first kappa shape index (κ1) is 38.4. The van der Waals surface area contributed by atoms with E-state index in [0.717, 1.165) is 60.7 Å². The Morgan fingerprint density at radius 1 is 1.05 bits per heavy atom. The number of allylic oxidation sites excluding steroid dienone is 1. The fraction of sp³-hybridized carbons (Fsp3) is 0.317. The normalized spacial score (nSPS) is 17.1. The molecule has 1 saturated heterocycles. The second-order valence-corrected chi connectivity index (χ2v) is 17.1. The molecule has 2 fully saturated rings. The summed E-state index contributed by atoms with van der Waals surface area (Å²) in [5, 5.41) is 15.6. The maximum Gasteiger partial charge on any atom is 0.329 e. The van der Waals surface area contributed by atoms with E-state index in [9.17, 15) is 23.3 Å². The number of carbonyl (C=O) groups excluding carboxylic acids is 1. The number of nitro groups is 1. The van der Waals surface area contributed by atoms with Crippen LogP contribution in [0.5, 0.6) is 11.5 Å². The number of carbonyl (C=O) groups is 1. The van der Waals surface area contributed by atoms with Gasteiger partial charge in [0.05, 0.1) is 16.7 Å². The van der Waals surface area contributed by atoms with Crippen LogP contribution in [0.4, 0.5) is 21.5 Å². The number of aromatic nitrogens is 2. The van der Waals surface area contributed by atoms with Crippen LogP contribution in [0, 0.1) is 21.3 Å². The van der Waals surface area contributed by atoms with E-state index in [4.69, 9.17) is 16.3 Å². The number of piperazine rings is 1. The van der Waals surface area contributed by atoms with Crippen molar-refractivity contribution in [2.45, 2.75) is 43.4 Å². The number of fused-ring (bicyclic) bond motifs is 1. The van der Waals surface area contributed by atoms with E-state index in [2.05, 4.69) is 37.2 Å². The van der Waals surface area contributed by atoms with Crippen molar-refractivity contribution in [1.82, 2.24) is 19.6 Å². The van der Waals surface area contributed by atoms with Gasteiger partial charge in [0.1, 0.15) is 27.7 Å². The molecule has 3 N–H and O–H groups in total. The third-order valence-electron chi connectivity index (χ3n) is 11.6. The highest BCUT2D eigenvalue weighted by molar-refractivity contribution is 7.90. The van der Waals surface area contributed by atoms with Crippen LogP contribution in [-0.2, 0) is 10.0 Å². The molecule has 1 saturated carbocycles. The molecule has 3 heterocycles. The number of pyridine rings is 1. The van der Waals surface area contributed by atoms with Gasteiger partial charge in [0, 0.05) is 68.1 Å². The first-order chi connectivity index (χ1) is 27.4. The number of ether oxygens (including phenoxy) is 1. The molecule has 2 aliphatic carbocycles. The van der Waals surface area contributed by atoms with Crippen molar-refractivity contribution in [3.8, 4) is 11.5 Å². The highest BCUT2D eigenvalue weighted by Gasteiger charge is 2.41. The summed E-state index contributed by atoms with van der Waals surface area (Å²) in [5.74, 6) is -2.38. The highest BCUT2D eigenvalue weighted by atomic mass is 35.5. The summed E-state index contributed by atoms with van der Waals surface area (Å²) in [6.07, 6.45) is 10.5. The minimum absolute atomic E-state index is 0.0428. The van der Waals surface area contributed by atoms with Crippen molar-refractivity contribution in [3.05, 3.63) is 117 Å². The number of nitrogens with one attached hydrogen (secondary N) is 3. The van der Waals surface area contributed by atoms with Crippen LogP contribution in [0.1, 0.15) is 54.4 Å². The van der Waals surface area contributed by atoms with Gasteiger partial charge in [-0.1, -0.05) is 35.7 Å². The van der Waals surface area contributed by atoms with Gasteiger partial charge in [-0.25, -0.2) is 18.1 Å². The SMILES string of the molecule is CNc1ccc(S(=O)(=O)NC(=O)c2ccc(N3CCN(CC4=C(c5ccc(Cl)cc5)CC5(CCC5)CC4)CC3)cc2Oc2cnc3[nH]ccc3c2)c(F)c1[N+](=O)[O-]. The van der Waals surface area contributed by atoms with Crippen molar-refractivity contribution >= 4 is 61.2 Å². The number of halogens is 2. The lowest BCUT2D eigenvalue weighted by Gasteiger charge is -2.47. The van der Waals surface area contributed by atoms with E-state index in [1.165, 1.54) is 61.7 Å². The highest BCUT2D eigenvalue weighted by Crippen LogP contribution is 2.55. The monoisotopic (exact) mass is 813 g/mol. The maximum absolute atomic E-state index is 15.3. The van der Waals surface area contributed by atoms with Gasteiger partial charge in [0.2, 0.25) is 5.82 Å². The van der Waals surface area contributed by atoms with Gasteiger partial charge in [-0.3, -0.25) is 19.8 Å². The molecule has 0 bridgehead atoms. The summed E-state index contributed by atoms with van der Waals surface area (Å²) in [6.45, 7) is 3.89. The van der Waals surface area contributed by atoms with Crippen molar-refractivity contribution in [1.29, 1.82) is 0 Å². The van der Waals surface area contributed by atoms with Gasteiger partial charge in [-0.2, -0.15) is 4.39 Å². The topological polar surface area (TPSA) is 163 Å². The maximum atomic E-state index is 15.3. The zero-order chi connectivity index (χ0) is 39.9. The Labute approximate surface area is 334 Å². The molecule has 0 atom stereocenters. The standard InChI is InChI=1S/C41H41ClFN7O6S/c1-44-34-9-10-36(37(43)38(34)50(52)53)57(54,55)47-40(51)32-8-7-30(22-35(32)56-31-21-27-12-16-45-39(27)46-24-31)49-19-17-48(18-20-49)25-28-11-15-41(13-2-14-41)23-33(28)26-3-5-29(42)6-4-26/h3-10,12,16,21-22,24,44H,2,11,13-15,17-20,23,25H2,1H3,(H,45,46)(H,47,51). The van der Waals surface area contributed by atoms with Crippen molar-refractivity contribution in [2.24, 2.45) is 5.41 Å². The molecule has 13 nitrogen and oxygen atoms in total. The molecule has 16 heteroatoms. The number of H-pyrrole nitrogens is 1. The Kier molecular flexibility index (Phi) is 10.4. The average Bonchev–Trinajstić information content (AvgIpc) is 3.65. The number of hydrogen-bond donors (Lipinski definition) is 3. The molecule has 3 aliphatic rings. The molecule has 5 aromatic rings. The Morgan fingerprint density at radius 2 is 1.82 bits per heavy atom. The summed E-state index contributed by atoms with van der Waals surface area (Å²) in [5.41, 5.74) is 4.59. The largest absolute Gasteiger partial charge is 0.455 e. The fourth-order valence-electron chi connectivity index (χ4n) is 8.27. The van der Waals surface area contributed by atoms with E-state index < -0.39 is 37.3 Å². The Bertz CT molecular complexity index is 2510. The molecule has 1 spiro atoms. The first-order valence-corrected chi connectivity index (χ1v) is 20.7. The van der Waals surface area contributed by atoms with Crippen molar-refractivity contribution < 1.29 is 27.3 Å². The number of rotatable bonds is 11. The Balaban J connectivity index is 1.03. The molecule has 2 aromatic heterocycles. The molecule has 3 aromatic carbocycles. The molecule has 0 unspecified atom stereocenters. The average molecular weight is 814 g/mol. The lowest BCUT2D eigenvalue weighted by Crippen LogP contribution is -2.47. The zero-order valence-electron chi connectivity index (χ0n) is 31.2. The molecule has 0 radical (unpaired) electrons. The Morgan fingerprint density at radius 3 is 2.53 bits per heavy atom. The smallest absolute Gasteiger partial charge is 0.329 e. The van der Waals surface area contributed by atoms with Gasteiger partial charge in [-0.05, 0) is 97.2 Å². The van der Waals surface area contributed by atoms with Gasteiger partial charge < -0.3 is 19.9 Å². The van der Waals surface area contributed by atoms with Crippen molar-refractivity contribution in [2.75, 3.05) is 50.0 Å². The summed E-state index contributed by atoms with van der Waals surface area (Å²) < 4.78 is 50.1. The molecule has 8 rings (SSSR count). The van der Waals surface area contributed by atoms with E-state index in [1.54, 1.807) is 24.4 Å². The van der Waals surface area contributed by atoms with Crippen LogP contribution in [0.25, 0.3) is 16.6 Å². The van der Waals surface area contributed by atoms with Crippen LogP contribution in [-0.4, -0.2) is 73.9 Å². The summed E-state index contributed by atoms with van der Waals surface area (Å²) in [7, 11) is -3.58. The summed E-state index contributed by atoms with van der Waals surface area (Å²) >= 11 is 6.25. The van der Waals surface area contributed by atoms with Gasteiger partial charge in [0.25, 0.3) is 15.9 Å². The lowest BCUT2D eigenvalue weighted by atomic mass is 9.59. The second-order valence-electron chi connectivity index (χ2n) is 15.0. The van der Waals surface area contributed by atoms with E-state index >= 15 is 4.39 Å². The number of benzene rings is 3.